The van der Waals surface area contributed by atoms with Crippen molar-refractivity contribution in [1.29, 1.82) is 0 Å². The lowest BCUT2D eigenvalue weighted by atomic mass is 10.0. The third-order valence-electron chi connectivity index (χ3n) is 4.25. The Labute approximate surface area is 115 Å². The summed E-state index contributed by atoms with van der Waals surface area (Å²) in [5.74, 6) is 1.02. The van der Waals surface area contributed by atoms with Crippen molar-refractivity contribution in [2.24, 2.45) is 5.73 Å². The number of nitrogens with two attached hydrogens (primary N) is 1. The molecule has 1 aromatic carbocycles. The molecular weight excluding hydrogens is 238 g/mol. The molecule has 0 bridgehead atoms. The van der Waals surface area contributed by atoms with Crippen LogP contribution in [-0.4, -0.2) is 24.9 Å². The Hall–Kier alpha value is -1.06. The van der Waals surface area contributed by atoms with Crippen LogP contribution >= 0.6 is 0 Å². The highest BCUT2D eigenvalue weighted by atomic mass is 16.5. The average molecular weight is 261 g/mol. The Morgan fingerprint density at radius 2 is 2.16 bits per heavy atom. The summed E-state index contributed by atoms with van der Waals surface area (Å²) in [5, 5.41) is 0. The van der Waals surface area contributed by atoms with Crippen LogP contribution in [0.15, 0.2) is 18.2 Å². The molecule has 3 rings (SSSR count). The summed E-state index contributed by atoms with van der Waals surface area (Å²) in [7, 11) is 0. The summed E-state index contributed by atoms with van der Waals surface area (Å²) in [6, 6.07) is 6.36. The van der Waals surface area contributed by atoms with Crippen LogP contribution in [0.4, 0.5) is 0 Å². The zero-order valence-corrected chi connectivity index (χ0v) is 11.7. The number of hydrogen-bond acceptors (Lipinski definition) is 3. The Morgan fingerprint density at radius 1 is 1.37 bits per heavy atom. The molecule has 3 heteroatoms. The van der Waals surface area contributed by atoms with Gasteiger partial charge in [-0.15, -0.1) is 0 Å². The molecule has 2 N–H and O–H groups in total. The lowest BCUT2D eigenvalue weighted by Gasteiger charge is -2.24. The van der Waals surface area contributed by atoms with Gasteiger partial charge in [-0.05, 0) is 31.4 Å². The fraction of sp³-hybridized carbons (Fsp3) is 0.625. The van der Waals surface area contributed by atoms with Gasteiger partial charge in [0.15, 0.2) is 0 Å². The Kier molecular flexibility index (Phi) is 3.50. The molecule has 0 spiro atoms. The number of rotatable bonds is 4. The van der Waals surface area contributed by atoms with E-state index in [4.69, 9.17) is 15.2 Å². The van der Waals surface area contributed by atoms with Crippen molar-refractivity contribution < 1.29 is 9.47 Å². The number of benzene rings is 1. The van der Waals surface area contributed by atoms with Gasteiger partial charge in [-0.25, -0.2) is 0 Å². The van der Waals surface area contributed by atoms with Gasteiger partial charge in [-0.2, -0.15) is 0 Å². The predicted molar refractivity (Wildman–Crippen MR) is 75.5 cm³/mol. The van der Waals surface area contributed by atoms with Crippen LogP contribution < -0.4 is 10.5 Å². The van der Waals surface area contributed by atoms with Crippen LogP contribution in [0.25, 0.3) is 0 Å². The molecule has 1 heterocycles. The molecule has 0 saturated heterocycles. The molecule has 0 aromatic heterocycles. The molecular formula is C16H23NO2. The molecule has 3 nitrogen and oxygen atoms in total. The molecule has 0 radical (unpaired) electrons. The van der Waals surface area contributed by atoms with Gasteiger partial charge in [-0.1, -0.05) is 30.5 Å². The van der Waals surface area contributed by atoms with Crippen LogP contribution in [0.1, 0.15) is 36.8 Å². The molecule has 1 aliphatic carbocycles. The highest BCUT2D eigenvalue weighted by Crippen LogP contribution is 2.30. The number of aryl methyl sites for hydroxylation is 1. The first-order valence-electron chi connectivity index (χ1n) is 7.27. The summed E-state index contributed by atoms with van der Waals surface area (Å²) < 4.78 is 11.7. The normalized spacial score (nSPS) is 24.2. The molecule has 19 heavy (non-hydrogen) atoms. The standard InChI is InChI=1S/C16H23NO2/c1-12-4-5-15-13(8-12)9-14(19-15)10-18-11-16(17)6-2-3-7-16/h4-5,8,14H,2-3,6-7,9-11,17H2,1H3. The number of ether oxygens (including phenoxy) is 2. The van der Waals surface area contributed by atoms with Gasteiger partial charge in [0.2, 0.25) is 0 Å². The predicted octanol–water partition coefficient (Wildman–Crippen LogP) is 2.59. The maximum atomic E-state index is 6.28. The summed E-state index contributed by atoms with van der Waals surface area (Å²) in [6.07, 6.45) is 5.78. The van der Waals surface area contributed by atoms with Crippen LogP contribution in [0.3, 0.4) is 0 Å². The zero-order valence-electron chi connectivity index (χ0n) is 11.7. The monoisotopic (exact) mass is 261 g/mol. The SMILES string of the molecule is Cc1ccc2c(c1)CC(COCC1(N)CCCC1)O2. The number of fused-ring (bicyclic) bond motifs is 1. The van der Waals surface area contributed by atoms with E-state index in [2.05, 4.69) is 25.1 Å². The molecule has 1 atom stereocenters. The topological polar surface area (TPSA) is 44.5 Å². The van der Waals surface area contributed by atoms with Crippen molar-refractivity contribution in [3.8, 4) is 5.75 Å². The first kappa shape index (κ1) is 12.9. The van der Waals surface area contributed by atoms with Gasteiger partial charge >= 0.3 is 0 Å². The smallest absolute Gasteiger partial charge is 0.126 e. The van der Waals surface area contributed by atoms with E-state index in [0.717, 1.165) is 25.0 Å². The van der Waals surface area contributed by atoms with Crippen LogP contribution in [-0.2, 0) is 11.2 Å². The molecule has 2 aliphatic rings. The Morgan fingerprint density at radius 3 is 2.95 bits per heavy atom. The minimum atomic E-state index is -0.0813. The number of hydrogen-bond donors (Lipinski definition) is 1. The van der Waals surface area contributed by atoms with Crippen molar-refractivity contribution in [3.05, 3.63) is 29.3 Å². The molecule has 0 amide bonds. The molecule has 1 aliphatic heterocycles. The van der Waals surface area contributed by atoms with Crippen LogP contribution in [0.2, 0.25) is 0 Å². The quantitative estimate of drug-likeness (QED) is 0.906. The van der Waals surface area contributed by atoms with E-state index in [1.54, 1.807) is 0 Å². The van der Waals surface area contributed by atoms with E-state index in [-0.39, 0.29) is 11.6 Å². The van der Waals surface area contributed by atoms with E-state index in [1.807, 2.05) is 0 Å². The van der Waals surface area contributed by atoms with Gasteiger partial charge in [0.1, 0.15) is 11.9 Å². The van der Waals surface area contributed by atoms with Crippen LogP contribution in [0.5, 0.6) is 5.75 Å². The van der Waals surface area contributed by atoms with Gasteiger partial charge in [0, 0.05) is 12.0 Å². The molecule has 1 saturated carbocycles. The minimum Gasteiger partial charge on any atom is -0.487 e. The molecule has 1 unspecified atom stereocenters. The van der Waals surface area contributed by atoms with Crippen LogP contribution in [0, 0.1) is 6.92 Å². The lowest BCUT2D eigenvalue weighted by molar-refractivity contribution is 0.0341. The van der Waals surface area contributed by atoms with Gasteiger partial charge in [0.05, 0.1) is 13.2 Å². The summed E-state index contributed by atoms with van der Waals surface area (Å²) in [4.78, 5) is 0. The molecule has 104 valence electrons. The van der Waals surface area contributed by atoms with E-state index < -0.39 is 0 Å². The molecule has 1 fully saturated rings. The minimum absolute atomic E-state index is 0.0813. The fourth-order valence-corrected chi connectivity index (χ4v) is 3.16. The highest BCUT2D eigenvalue weighted by molar-refractivity contribution is 5.40. The second-order valence-electron chi connectivity index (χ2n) is 6.14. The maximum Gasteiger partial charge on any atom is 0.126 e. The summed E-state index contributed by atoms with van der Waals surface area (Å²) in [5.41, 5.74) is 8.79. The van der Waals surface area contributed by atoms with Crippen molar-refractivity contribution in [2.45, 2.75) is 50.7 Å². The van der Waals surface area contributed by atoms with Crippen molar-refractivity contribution in [2.75, 3.05) is 13.2 Å². The third kappa shape index (κ3) is 2.93. The second kappa shape index (κ2) is 5.14. The van der Waals surface area contributed by atoms with E-state index in [0.29, 0.717) is 13.2 Å². The first-order valence-corrected chi connectivity index (χ1v) is 7.27. The van der Waals surface area contributed by atoms with Crippen molar-refractivity contribution in [1.82, 2.24) is 0 Å². The largest absolute Gasteiger partial charge is 0.487 e. The zero-order chi connectivity index (χ0) is 13.3. The average Bonchev–Trinajstić information content (AvgIpc) is 2.95. The third-order valence-corrected chi connectivity index (χ3v) is 4.25. The second-order valence-corrected chi connectivity index (χ2v) is 6.14. The van der Waals surface area contributed by atoms with E-state index in [9.17, 15) is 0 Å². The fourth-order valence-electron chi connectivity index (χ4n) is 3.16. The Balaban J connectivity index is 1.48. The summed E-state index contributed by atoms with van der Waals surface area (Å²) >= 11 is 0. The lowest BCUT2D eigenvalue weighted by Crippen LogP contribution is -2.42. The first-order chi connectivity index (χ1) is 9.15. The molecule has 1 aromatic rings. The van der Waals surface area contributed by atoms with Crippen molar-refractivity contribution in [3.63, 3.8) is 0 Å². The van der Waals surface area contributed by atoms with Crippen molar-refractivity contribution >= 4 is 0 Å². The van der Waals surface area contributed by atoms with Gasteiger partial charge in [-0.3, -0.25) is 0 Å². The van der Waals surface area contributed by atoms with Gasteiger partial charge in [0.25, 0.3) is 0 Å². The summed E-state index contributed by atoms with van der Waals surface area (Å²) in [6.45, 7) is 3.43. The Bertz CT molecular complexity index is 452. The van der Waals surface area contributed by atoms with E-state index in [1.165, 1.54) is 24.0 Å². The maximum absolute atomic E-state index is 6.28. The highest BCUT2D eigenvalue weighted by Gasteiger charge is 2.30. The van der Waals surface area contributed by atoms with E-state index >= 15 is 0 Å². The van der Waals surface area contributed by atoms with Gasteiger partial charge < -0.3 is 15.2 Å².